The molecule has 1 aromatic carbocycles. The van der Waals surface area contributed by atoms with Gasteiger partial charge in [0.2, 0.25) is 5.91 Å². The van der Waals surface area contributed by atoms with Crippen molar-refractivity contribution in [1.82, 2.24) is 9.97 Å². The molecular formula is C25H26FN3O2. The van der Waals surface area contributed by atoms with Crippen molar-refractivity contribution in [3.63, 3.8) is 0 Å². The molecule has 1 heterocycles. The van der Waals surface area contributed by atoms with E-state index in [0.717, 1.165) is 54.7 Å². The van der Waals surface area contributed by atoms with Gasteiger partial charge < -0.3 is 10.4 Å². The summed E-state index contributed by atoms with van der Waals surface area (Å²) < 4.78 is 13.1. The summed E-state index contributed by atoms with van der Waals surface area (Å²) in [6.45, 7) is 2.07. The predicted molar refractivity (Wildman–Crippen MR) is 118 cm³/mol. The van der Waals surface area contributed by atoms with Crippen molar-refractivity contribution in [1.29, 1.82) is 0 Å². The molecule has 1 aromatic heterocycles. The maximum Gasteiger partial charge on any atom is 0.229 e. The third-order valence-electron chi connectivity index (χ3n) is 5.63. The first-order valence-electron chi connectivity index (χ1n) is 10.7. The van der Waals surface area contributed by atoms with Gasteiger partial charge in [-0.05, 0) is 61.1 Å². The lowest BCUT2D eigenvalue weighted by Gasteiger charge is -2.14. The van der Waals surface area contributed by atoms with E-state index in [1.807, 2.05) is 12.2 Å². The highest BCUT2D eigenvalue weighted by molar-refractivity contribution is 5.91. The van der Waals surface area contributed by atoms with Crippen LogP contribution in [0.3, 0.4) is 0 Å². The van der Waals surface area contributed by atoms with Crippen LogP contribution in [0.2, 0.25) is 0 Å². The number of amides is 1. The van der Waals surface area contributed by atoms with Crippen molar-refractivity contribution >= 4 is 11.7 Å². The monoisotopic (exact) mass is 419 g/mol. The van der Waals surface area contributed by atoms with Crippen LogP contribution in [0, 0.1) is 5.82 Å². The highest BCUT2D eigenvalue weighted by Crippen LogP contribution is 2.30. The fourth-order valence-corrected chi connectivity index (χ4v) is 3.99. The lowest BCUT2D eigenvalue weighted by Crippen LogP contribution is -2.19. The SMILES string of the molecule is CCCc1nc2c(nc1NC(=O)Cc1ccc(F)cc1)CCC1=C(C=CC(O)=CC1)C2. The van der Waals surface area contributed by atoms with Gasteiger partial charge >= 0.3 is 0 Å². The number of aromatic nitrogens is 2. The van der Waals surface area contributed by atoms with Crippen LogP contribution in [0.4, 0.5) is 10.2 Å². The zero-order valence-corrected chi connectivity index (χ0v) is 17.6. The Balaban J connectivity index is 1.57. The summed E-state index contributed by atoms with van der Waals surface area (Å²) >= 11 is 0. The summed E-state index contributed by atoms with van der Waals surface area (Å²) in [4.78, 5) is 22.3. The average Bonchev–Trinajstić information content (AvgIpc) is 3.02. The minimum atomic E-state index is -0.321. The number of benzene rings is 1. The topological polar surface area (TPSA) is 75.1 Å². The van der Waals surface area contributed by atoms with Crippen molar-refractivity contribution in [3.8, 4) is 0 Å². The molecule has 6 heteroatoms. The molecule has 160 valence electrons. The number of carbonyl (C=O) groups is 1. The number of nitrogens with zero attached hydrogens (tertiary/aromatic N) is 2. The van der Waals surface area contributed by atoms with Crippen LogP contribution in [0.5, 0.6) is 0 Å². The Labute approximate surface area is 181 Å². The summed E-state index contributed by atoms with van der Waals surface area (Å²) in [5.41, 5.74) is 5.86. The number of hydrogen-bond acceptors (Lipinski definition) is 4. The number of allylic oxidation sites excluding steroid dienone is 5. The molecular weight excluding hydrogens is 393 g/mol. The maximum absolute atomic E-state index is 13.1. The third kappa shape index (κ3) is 5.08. The number of aliphatic hydroxyl groups excluding tert-OH is 1. The number of carbonyl (C=O) groups excluding carboxylic acids is 1. The van der Waals surface area contributed by atoms with Gasteiger partial charge in [-0.2, -0.15) is 0 Å². The van der Waals surface area contributed by atoms with Gasteiger partial charge in [-0.15, -0.1) is 0 Å². The number of aliphatic hydroxyl groups is 1. The van der Waals surface area contributed by atoms with Crippen molar-refractivity contribution in [2.45, 2.75) is 51.9 Å². The molecule has 4 rings (SSSR count). The van der Waals surface area contributed by atoms with E-state index in [2.05, 4.69) is 12.2 Å². The largest absolute Gasteiger partial charge is 0.508 e. The van der Waals surface area contributed by atoms with Gasteiger partial charge in [-0.25, -0.2) is 9.37 Å². The van der Waals surface area contributed by atoms with E-state index in [1.54, 1.807) is 18.2 Å². The van der Waals surface area contributed by atoms with E-state index >= 15 is 0 Å². The quantitative estimate of drug-likeness (QED) is 0.720. The molecule has 2 aliphatic rings. The number of aryl methyl sites for hydroxylation is 2. The molecule has 0 radical (unpaired) electrons. The molecule has 5 nitrogen and oxygen atoms in total. The van der Waals surface area contributed by atoms with Gasteiger partial charge in [0.05, 0.1) is 23.5 Å². The second kappa shape index (κ2) is 9.25. The van der Waals surface area contributed by atoms with Crippen LogP contribution in [0.25, 0.3) is 0 Å². The number of fused-ring (bicyclic) bond motifs is 1. The number of halogens is 1. The number of hydrogen-bond donors (Lipinski definition) is 2. The molecule has 0 atom stereocenters. The van der Waals surface area contributed by atoms with E-state index in [0.29, 0.717) is 18.0 Å². The van der Waals surface area contributed by atoms with Gasteiger partial charge in [-0.1, -0.05) is 37.1 Å². The van der Waals surface area contributed by atoms with E-state index < -0.39 is 0 Å². The highest BCUT2D eigenvalue weighted by atomic mass is 19.1. The summed E-state index contributed by atoms with van der Waals surface area (Å²) in [6.07, 6.45) is 10.3. The fourth-order valence-electron chi connectivity index (χ4n) is 3.99. The summed E-state index contributed by atoms with van der Waals surface area (Å²) in [6, 6.07) is 5.94. The molecule has 0 unspecified atom stereocenters. The zero-order chi connectivity index (χ0) is 21.8. The molecule has 2 N–H and O–H groups in total. The van der Waals surface area contributed by atoms with Crippen molar-refractivity contribution in [2.75, 3.05) is 5.32 Å². The van der Waals surface area contributed by atoms with Crippen LogP contribution >= 0.6 is 0 Å². The number of rotatable bonds is 5. The molecule has 0 bridgehead atoms. The highest BCUT2D eigenvalue weighted by Gasteiger charge is 2.21. The Morgan fingerprint density at radius 2 is 1.94 bits per heavy atom. The van der Waals surface area contributed by atoms with Gasteiger partial charge in [-0.3, -0.25) is 9.78 Å². The molecule has 0 aliphatic heterocycles. The second-order valence-corrected chi connectivity index (χ2v) is 7.99. The van der Waals surface area contributed by atoms with Crippen molar-refractivity contribution < 1.29 is 14.3 Å². The minimum absolute atomic E-state index is 0.154. The Bertz CT molecular complexity index is 1080. The molecule has 0 fully saturated rings. The van der Waals surface area contributed by atoms with Crippen molar-refractivity contribution in [3.05, 3.63) is 87.9 Å². The van der Waals surface area contributed by atoms with Crippen LogP contribution in [0.1, 0.15) is 48.8 Å². The standard InChI is InChI=1S/C25H26FN3O2/c1-2-3-22-25(29-24(31)14-16-4-9-19(26)10-5-16)28-21-13-8-17-6-11-20(30)12-7-18(17)15-23(21)27-22/h4-5,7,9-12,30H,2-3,6,8,13-15H2,1H3,(H,28,29,31). The van der Waals surface area contributed by atoms with Gasteiger partial charge in [0.25, 0.3) is 0 Å². The van der Waals surface area contributed by atoms with Crippen LogP contribution in [-0.4, -0.2) is 21.0 Å². The Hall–Kier alpha value is -3.28. The molecule has 1 amide bonds. The molecule has 2 aliphatic carbocycles. The van der Waals surface area contributed by atoms with Crippen LogP contribution in [-0.2, 0) is 30.5 Å². The van der Waals surface area contributed by atoms with E-state index in [-0.39, 0.29) is 18.1 Å². The molecule has 0 spiro atoms. The lowest BCUT2D eigenvalue weighted by atomic mass is 10.0. The second-order valence-electron chi connectivity index (χ2n) is 7.99. The van der Waals surface area contributed by atoms with Gasteiger partial charge in [0.15, 0.2) is 5.82 Å². The third-order valence-corrected chi connectivity index (χ3v) is 5.63. The summed E-state index contributed by atoms with van der Waals surface area (Å²) in [7, 11) is 0. The predicted octanol–water partition coefficient (Wildman–Crippen LogP) is 4.94. The van der Waals surface area contributed by atoms with Crippen molar-refractivity contribution in [2.24, 2.45) is 0 Å². The van der Waals surface area contributed by atoms with E-state index in [1.165, 1.54) is 23.3 Å². The normalized spacial score (nSPS) is 15.5. The minimum Gasteiger partial charge on any atom is -0.508 e. The fraction of sp³-hybridized carbons (Fsp3) is 0.320. The first kappa shape index (κ1) is 21.0. The molecule has 31 heavy (non-hydrogen) atoms. The Morgan fingerprint density at radius 3 is 2.71 bits per heavy atom. The number of anilines is 1. The Morgan fingerprint density at radius 1 is 1.13 bits per heavy atom. The first-order valence-corrected chi connectivity index (χ1v) is 10.7. The average molecular weight is 420 g/mol. The van der Waals surface area contributed by atoms with Gasteiger partial charge in [0.1, 0.15) is 11.6 Å². The lowest BCUT2D eigenvalue weighted by molar-refractivity contribution is -0.115. The number of nitrogens with one attached hydrogen (secondary N) is 1. The Kier molecular flexibility index (Phi) is 6.26. The van der Waals surface area contributed by atoms with Crippen LogP contribution in [0.15, 0.2) is 59.4 Å². The van der Waals surface area contributed by atoms with Gasteiger partial charge in [0, 0.05) is 6.42 Å². The smallest absolute Gasteiger partial charge is 0.229 e. The maximum atomic E-state index is 13.1. The van der Waals surface area contributed by atoms with E-state index in [4.69, 9.17) is 9.97 Å². The molecule has 2 aromatic rings. The summed E-state index contributed by atoms with van der Waals surface area (Å²) in [5.74, 6) is 0.311. The first-order chi connectivity index (χ1) is 15.0. The van der Waals surface area contributed by atoms with Crippen LogP contribution < -0.4 is 5.32 Å². The zero-order valence-electron chi connectivity index (χ0n) is 17.6. The summed E-state index contributed by atoms with van der Waals surface area (Å²) in [5, 5.41) is 12.7. The molecule has 0 saturated heterocycles. The molecule has 0 saturated carbocycles. The van der Waals surface area contributed by atoms with E-state index in [9.17, 15) is 14.3 Å².